The standard InChI is InChI=1S/C53H73F2N5O13S2/c1-53(2,3)49(45-28-37(42-29-39(54)12-13-43(42)55)32-58(45)31-36-9-5-4-6-10-36)59(17-8-16-56)48(64)35-74-33-38(51(66)67)27-41(62)15-20-71-22-24-73-26-25-72-23-21-70-19-7-11-40(61)14-18-60-47(63)30-46(50(60)65)75-34-44(57)52(68)69/h4-6,9-10,12-13,28-29,32,38,44,46,49H,7-8,11,14-27,30-31,33-35,56-57H2,1-3H3,(H,66,67)(H,68,69)/t38-,44-,46?,49-/m0/s1. The molecule has 0 spiro atoms. The number of hydrogen-bond acceptors (Lipinski definition) is 15. The monoisotopic (exact) mass is 1090 g/mol. The number of thioether (sulfide) groups is 2. The van der Waals surface area contributed by atoms with E-state index < -0.39 is 64.1 Å². The zero-order valence-electron chi connectivity index (χ0n) is 43.1. The summed E-state index contributed by atoms with van der Waals surface area (Å²) in [4.78, 5) is 90.2. The molecule has 4 atom stereocenters. The number of nitrogens with two attached hydrogens (primary N) is 2. The van der Waals surface area contributed by atoms with Crippen LogP contribution in [0.3, 0.4) is 0 Å². The van der Waals surface area contributed by atoms with Gasteiger partial charge in [-0.25, -0.2) is 8.78 Å². The Labute approximate surface area is 445 Å². The maximum absolute atomic E-state index is 15.2. The van der Waals surface area contributed by atoms with Gasteiger partial charge in [-0.2, -0.15) is 11.8 Å². The Morgan fingerprint density at radius 2 is 1.47 bits per heavy atom. The molecule has 414 valence electrons. The molecule has 1 unspecified atom stereocenters. The first kappa shape index (κ1) is 62.5. The SMILES string of the molecule is CC(C)(C)[C@H](c1cc(-c2cc(F)ccc2F)cn1Cc1ccccc1)N(CCCN)C(=O)CSC[C@H](CC(=O)CCOCCOCCOCCOCCCC(=O)CCN1C(=O)CC(SC[C@H](N)C(=O)O)C1=O)C(=O)O. The number of likely N-dealkylation sites (tertiary alicyclic amines) is 1. The molecule has 1 aromatic heterocycles. The smallest absolute Gasteiger partial charge is 0.321 e. The van der Waals surface area contributed by atoms with E-state index in [9.17, 15) is 43.1 Å². The number of aromatic nitrogens is 1. The summed E-state index contributed by atoms with van der Waals surface area (Å²) < 4.78 is 53.6. The molecule has 1 saturated heterocycles. The lowest BCUT2D eigenvalue weighted by atomic mass is 9.83. The Bertz CT molecular complexity index is 2340. The Kier molecular flexibility index (Phi) is 27.1. The summed E-state index contributed by atoms with van der Waals surface area (Å²) >= 11 is 2.16. The highest BCUT2D eigenvalue weighted by molar-refractivity contribution is 8.00. The van der Waals surface area contributed by atoms with Gasteiger partial charge in [0.15, 0.2) is 0 Å². The summed E-state index contributed by atoms with van der Waals surface area (Å²) in [7, 11) is 0. The zero-order chi connectivity index (χ0) is 54.9. The Hall–Kier alpha value is -5.07. The number of carbonyl (C=O) groups is 7. The van der Waals surface area contributed by atoms with E-state index in [1.807, 2.05) is 55.7 Å². The molecule has 18 nitrogen and oxygen atoms in total. The lowest BCUT2D eigenvalue weighted by Crippen LogP contribution is -2.44. The van der Waals surface area contributed by atoms with Gasteiger partial charge >= 0.3 is 11.9 Å². The fourth-order valence-electron chi connectivity index (χ4n) is 8.23. The van der Waals surface area contributed by atoms with Gasteiger partial charge < -0.3 is 50.1 Å². The average Bonchev–Trinajstić information content (AvgIpc) is 3.89. The molecule has 0 radical (unpaired) electrons. The molecule has 1 aliphatic rings. The number of ether oxygens (including phenoxy) is 4. The number of carboxylic acids is 2. The van der Waals surface area contributed by atoms with Crippen LogP contribution in [0.2, 0.25) is 0 Å². The highest BCUT2D eigenvalue weighted by Crippen LogP contribution is 2.41. The van der Waals surface area contributed by atoms with Crippen molar-refractivity contribution in [1.82, 2.24) is 14.4 Å². The molecular weight excluding hydrogens is 1020 g/mol. The summed E-state index contributed by atoms with van der Waals surface area (Å²) in [6.07, 6.45) is 2.68. The van der Waals surface area contributed by atoms with Gasteiger partial charge in [0.05, 0.1) is 69.2 Å². The summed E-state index contributed by atoms with van der Waals surface area (Å²) in [5.74, 6) is -6.09. The second-order valence-corrected chi connectivity index (χ2v) is 21.4. The number of hydrogen-bond donors (Lipinski definition) is 4. The number of benzene rings is 2. The van der Waals surface area contributed by atoms with Crippen molar-refractivity contribution in [2.45, 2.75) is 89.6 Å². The van der Waals surface area contributed by atoms with Crippen molar-refractivity contribution in [2.75, 3.05) is 89.7 Å². The van der Waals surface area contributed by atoms with Crippen LogP contribution in [-0.2, 0) is 59.1 Å². The number of carbonyl (C=O) groups excluding carboxylic acids is 5. The van der Waals surface area contributed by atoms with Gasteiger partial charge in [-0.1, -0.05) is 51.1 Å². The molecular formula is C53H73F2N5O13S2. The van der Waals surface area contributed by atoms with Crippen molar-refractivity contribution in [3.05, 3.63) is 83.7 Å². The second-order valence-electron chi connectivity index (χ2n) is 19.1. The molecule has 0 aliphatic carbocycles. The summed E-state index contributed by atoms with van der Waals surface area (Å²) in [6.45, 7) is 9.01. The predicted octanol–water partition coefficient (Wildman–Crippen LogP) is 5.61. The van der Waals surface area contributed by atoms with Gasteiger partial charge in [0.2, 0.25) is 17.7 Å². The van der Waals surface area contributed by atoms with Crippen LogP contribution in [-0.4, -0.2) is 167 Å². The van der Waals surface area contributed by atoms with Gasteiger partial charge in [0.25, 0.3) is 0 Å². The topological polar surface area (TPSA) is 260 Å². The minimum Gasteiger partial charge on any atom is -0.481 e. The van der Waals surface area contributed by atoms with Crippen molar-refractivity contribution in [2.24, 2.45) is 22.8 Å². The van der Waals surface area contributed by atoms with Crippen LogP contribution >= 0.6 is 23.5 Å². The third-order valence-electron chi connectivity index (χ3n) is 12.1. The van der Waals surface area contributed by atoms with Crippen LogP contribution in [0.15, 0.2) is 60.8 Å². The number of nitrogens with zero attached hydrogens (tertiary/aromatic N) is 3. The van der Waals surface area contributed by atoms with Crippen LogP contribution in [0.5, 0.6) is 0 Å². The van der Waals surface area contributed by atoms with Crippen molar-refractivity contribution >= 4 is 64.8 Å². The summed E-state index contributed by atoms with van der Waals surface area (Å²) in [5, 5.41) is 18.2. The van der Waals surface area contributed by atoms with Crippen LogP contribution in [0, 0.1) is 23.0 Å². The number of halogens is 2. The lowest BCUT2D eigenvalue weighted by Gasteiger charge is -2.41. The molecule has 1 aliphatic heterocycles. The molecule has 4 rings (SSSR count). The minimum absolute atomic E-state index is 0.00355. The third kappa shape index (κ3) is 21.5. The fraction of sp³-hybridized carbons (Fsp3) is 0.566. The van der Waals surface area contributed by atoms with Gasteiger partial charge in [0, 0.05) is 92.9 Å². The van der Waals surface area contributed by atoms with E-state index in [4.69, 9.17) is 35.5 Å². The first-order valence-electron chi connectivity index (χ1n) is 25.1. The molecule has 3 amide bonds. The van der Waals surface area contributed by atoms with Crippen LogP contribution < -0.4 is 11.5 Å². The molecule has 0 bridgehead atoms. The Morgan fingerprint density at radius 3 is 2.09 bits per heavy atom. The number of carboxylic acid groups (broad SMARTS) is 2. The molecule has 2 heterocycles. The third-order valence-corrected chi connectivity index (χ3v) is 14.5. The van der Waals surface area contributed by atoms with Gasteiger partial charge in [-0.05, 0) is 54.6 Å². The number of aliphatic carboxylic acids is 2. The van der Waals surface area contributed by atoms with Crippen molar-refractivity contribution in [3.8, 4) is 11.1 Å². The summed E-state index contributed by atoms with van der Waals surface area (Å²) in [6, 6.07) is 13.1. The van der Waals surface area contributed by atoms with E-state index in [0.29, 0.717) is 70.2 Å². The number of amides is 3. The fourth-order valence-corrected chi connectivity index (χ4v) is 10.3. The predicted molar refractivity (Wildman–Crippen MR) is 281 cm³/mol. The number of ketones is 2. The van der Waals surface area contributed by atoms with Crippen molar-refractivity contribution in [1.29, 1.82) is 0 Å². The highest BCUT2D eigenvalue weighted by Gasteiger charge is 2.40. The van der Waals surface area contributed by atoms with Crippen LogP contribution in [0.25, 0.3) is 11.1 Å². The molecule has 6 N–H and O–H groups in total. The molecule has 75 heavy (non-hydrogen) atoms. The first-order chi connectivity index (χ1) is 35.8. The van der Waals surface area contributed by atoms with Crippen molar-refractivity contribution < 1.29 is 71.5 Å². The molecule has 22 heteroatoms. The maximum atomic E-state index is 15.2. The zero-order valence-corrected chi connectivity index (χ0v) is 44.7. The molecule has 1 fully saturated rings. The lowest BCUT2D eigenvalue weighted by molar-refractivity contribution is -0.143. The largest absolute Gasteiger partial charge is 0.481 e. The minimum atomic E-state index is -1.19. The number of rotatable bonds is 38. The molecule has 3 aromatic rings. The Balaban J connectivity index is 1.11. The quantitative estimate of drug-likeness (QED) is 0.0402. The van der Waals surface area contributed by atoms with Gasteiger partial charge in [-0.15, -0.1) is 11.8 Å². The van der Waals surface area contributed by atoms with Gasteiger partial charge in [-0.3, -0.25) is 38.5 Å². The number of Topliss-reactive ketones (excluding diaryl/α,β-unsaturated/α-hetero) is 2. The summed E-state index contributed by atoms with van der Waals surface area (Å²) in [5.41, 5.74) is 13.1. The van der Waals surface area contributed by atoms with Crippen LogP contribution in [0.4, 0.5) is 8.78 Å². The normalized spacial score (nSPS) is 15.0. The average molecular weight is 1090 g/mol. The first-order valence-corrected chi connectivity index (χ1v) is 27.3. The van der Waals surface area contributed by atoms with E-state index in [-0.39, 0.29) is 105 Å². The van der Waals surface area contributed by atoms with E-state index in [2.05, 4.69) is 0 Å². The highest BCUT2D eigenvalue weighted by atomic mass is 32.2. The van der Waals surface area contributed by atoms with Gasteiger partial charge in [0.1, 0.15) is 29.2 Å². The molecule has 0 saturated carbocycles. The van der Waals surface area contributed by atoms with Crippen molar-refractivity contribution in [3.63, 3.8) is 0 Å². The maximum Gasteiger partial charge on any atom is 0.321 e. The second kappa shape index (κ2) is 32.5. The Morgan fingerprint density at radius 1 is 0.813 bits per heavy atom. The van der Waals surface area contributed by atoms with Crippen LogP contribution in [0.1, 0.15) is 83.0 Å². The van der Waals surface area contributed by atoms with E-state index in [1.54, 1.807) is 17.2 Å². The number of imide groups is 1. The van der Waals surface area contributed by atoms with E-state index in [1.165, 1.54) is 0 Å². The molecule has 2 aromatic carbocycles. The van der Waals surface area contributed by atoms with E-state index >= 15 is 4.39 Å². The van der Waals surface area contributed by atoms with E-state index in [0.717, 1.165) is 52.2 Å².